The Hall–Kier alpha value is 0.147. The van der Waals surface area contributed by atoms with E-state index in [1.54, 1.807) is 38.5 Å². The minimum atomic E-state index is -2.48. The van der Waals surface area contributed by atoms with Crippen LogP contribution < -0.4 is 0 Å². The first kappa shape index (κ1) is 17.1. The lowest BCUT2D eigenvalue weighted by molar-refractivity contribution is 0.0943. The molecule has 0 aromatic heterocycles. The van der Waals surface area contributed by atoms with Gasteiger partial charge in [-0.1, -0.05) is 13.5 Å². The van der Waals surface area contributed by atoms with Crippen LogP contribution in [0, 0.1) is 0 Å². The summed E-state index contributed by atoms with van der Waals surface area (Å²) in [5, 5.41) is 1.80. The molecule has 0 aliphatic heterocycles. The molecule has 0 rings (SSSR count). The molecule has 0 aliphatic carbocycles. The lowest BCUT2D eigenvalue weighted by Crippen LogP contribution is -2.43. The number of hydrogen-bond donors (Lipinski definition) is 0. The van der Waals surface area contributed by atoms with E-state index in [4.69, 9.17) is 18.0 Å². The molecule has 1 atom stereocenters. The van der Waals surface area contributed by atoms with E-state index >= 15 is 0 Å². The van der Waals surface area contributed by atoms with Crippen molar-refractivity contribution < 1.29 is 18.0 Å². The van der Waals surface area contributed by atoms with Gasteiger partial charge in [-0.05, 0) is 18.2 Å². The van der Waals surface area contributed by atoms with Crippen LogP contribution in [0.15, 0.2) is 12.0 Å². The Kier molecular flexibility index (Phi) is 10.2. The molecule has 6 heteroatoms. The summed E-state index contributed by atoms with van der Waals surface area (Å²) < 4.78 is 21.8. The maximum Gasteiger partial charge on any atom is 0.500 e. The zero-order valence-corrected chi connectivity index (χ0v) is 13.0. The van der Waals surface area contributed by atoms with E-state index in [9.17, 15) is 0 Å². The molecule has 0 saturated carbocycles. The maximum atomic E-state index is 5.71. The monoisotopic (exact) mass is 280 g/mol. The van der Waals surface area contributed by atoms with Crippen molar-refractivity contribution in [2.24, 2.45) is 0 Å². The third kappa shape index (κ3) is 6.59. The highest BCUT2D eigenvalue weighted by Gasteiger charge is 2.38. The SMILES string of the molecule is C=CSC(CC[Si](OC)(OC)OC)OCCC. The van der Waals surface area contributed by atoms with E-state index in [1.807, 2.05) is 0 Å². The zero-order chi connectivity index (χ0) is 13.1. The van der Waals surface area contributed by atoms with Crippen LogP contribution in [0.3, 0.4) is 0 Å². The highest BCUT2D eigenvalue weighted by molar-refractivity contribution is 8.02. The van der Waals surface area contributed by atoms with Crippen LogP contribution >= 0.6 is 11.8 Å². The molecule has 0 aliphatic rings. The number of ether oxygens (including phenoxy) is 1. The number of hydrogen-bond acceptors (Lipinski definition) is 5. The van der Waals surface area contributed by atoms with Crippen LogP contribution in [0.5, 0.6) is 0 Å². The van der Waals surface area contributed by atoms with Gasteiger partial charge in [-0.2, -0.15) is 0 Å². The molecular weight excluding hydrogens is 256 g/mol. The second-order valence-electron chi connectivity index (χ2n) is 3.44. The molecule has 0 saturated heterocycles. The molecule has 0 amide bonds. The minimum Gasteiger partial charge on any atom is -0.377 e. The predicted octanol–water partition coefficient (Wildman–Crippen LogP) is 2.88. The molecule has 1 unspecified atom stereocenters. The van der Waals surface area contributed by atoms with Crippen LogP contribution in [0.25, 0.3) is 0 Å². The predicted molar refractivity (Wildman–Crippen MR) is 74.0 cm³/mol. The zero-order valence-electron chi connectivity index (χ0n) is 11.2. The van der Waals surface area contributed by atoms with E-state index < -0.39 is 8.80 Å². The summed E-state index contributed by atoms with van der Waals surface area (Å²) in [6.07, 6.45) is 1.84. The van der Waals surface area contributed by atoms with Gasteiger partial charge in [0.1, 0.15) is 5.44 Å². The smallest absolute Gasteiger partial charge is 0.377 e. The Bertz CT molecular complexity index is 192. The topological polar surface area (TPSA) is 36.9 Å². The molecule has 0 radical (unpaired) electrons. The summed E-state index contributed by atoms with van der Waals surface area (Å²) >= 11 is 1.59. The summed E-state index contributed by atoms with van der Waals surface area (Å²) in [5.41, 5.74) is 0.0970. The van der Waals surface area contributed by atoms with Gasteiger partial charge in [0.25, 0.3) is 0 Å². The van der Waals surface area contributed by atoms with E-state index in [-0.39, 0.29) is 5.44 Å². The molecule has 0 fully saturated rings. The third-order valence-electron chi connectivity index (χ3n) is 2.38. The summed E-state index contributed by atoms with van der Waals surface area (Å²) in [6.45, 7) is 6.56. The summed E-state index contributed by atoms with van der Waals surface area (Å²) in [6, 6.07) is 0.742. The average Bonchev–Trinajstić information content (AvgIpc) is 2.38. The van der Waals surface area contributed by atoms with Crippen molar-refractivity contribution in [1.29, 1.82) is 0 Å². The van der Waals surface area contributed by atoms with Crippen molar-refractivity contribution in [3.8, 4) is 0 Å². The lowest BCUT2D eigenvalue weighted by Gasteiger charge is -2.26. The standard InChI is InChI=1S/C11H24O4SSi/c1-6-9-15-11(16-7-2)8-10-17(12-3,13-4)14-5/h7,11H,2,6,8-10H2,1,3-5H3. The molecule has 0 heterocycles. The van der Waals surface area contributed by atoms with Crippen LogP contribution in [-0.4, -0.2) is 42.2 Å². The van der Waals surface area contributed by atoms with Crippen LogP contribution in [0.4, 0.5) is 0 Å². The van der Waals surface area contributed by atoms with Gasteiger partial charge in [0.05, 0.1) is 0 Å². The molecule has 17 heavy (non-hydrogen) atoms. The lowest BCUT2D eigenvalue weighted by atomic mass is 10.5. The van der Waals surface area contributed by atoms with Crippen LogP contribution in [0.2, 0.25) is 6.04 Å². The Labute approximate surface area is 110 Å². The largest absolute Gasteiger partial charge is 0.500 e. The summed E-state index contributed by atoms with van der Waals surface area (Å²) in [5.74, 6) is 0. The van der Waals surface area contributed by atoms with Crippen molar-refractivity contribution in [2.45, 2.75) is 31.2 Å². The first-order valence-corrected chi connectivity index (χ1v) is 8.58. The van der Waals surface area contributed by atoms with Gasteiger partial charge in [-0.15, -0.1) is 11.8 Å². The molecule has 102 valence electrons. The molecule has 0 N–H and O–H groups in total. The molecule has 0 aromatic rings. The molecule has 0 aromatic carbocycles. The first-order valence-electron chi connectivity index (χ1n) is 5.71. The molecule has 0 spiro atoms. The van der Waals surface area contributed by atoms with E-state index in [0.29, 0.717) is 0 Å². The van der Waals surface area contributed by atoms with Crippen molar-refractivity contribution in [3.63, 3.8) is 0 Å². The molecule has 0 bridgehead atoms. The Morgan fingerprint density at radius 1 is 1.24 bits per heavy atom. The van der Waals surface area contributed by atoms with E-state index in [2.05, 4.69) is 13.5 Å². The van der Waals surface area contributed by atoms with Gasteiger partial charge in [-0.3, -0.25) is 0 Å². The fourth-order valence-electron chi connectivity index (χ4n) is 1.40. The van der Waals surface area contributed by atoms with Crippen molar-refractivity contribution in [2.75, 3.05) is 27.9 Å². The average molecular weight is 280 g/mol. The summed E-state index contributed by atoms with van der Waals surface area (Å²) in [7, 11) is 2.40. The van der Waals surface area contributed by atoms with Crippen LogP contribution in [0.1, 0.15) is 19.8 Å². The Balaban J connectivity index is 4.19. The Morgan fingerprint density at radius 2 is 1.82 bits per heavy atom. The van der Waals surface area contributed by atoms with Crippen LogP contribution in [-0.2, 0) is 18.0 Å². The fraction of sp³-hybridized carbons (Fsp3) is 0.818. The van der Waals surface area contributed by atoms with E-state index in [1.165, 1.54) is 0 Å². The van der Waals surface area contributed by atoms with Gasteiger partial charge < -0.3 is 18.0 Å². The number of rotatable bonds is 11. The molecular formula is C11H24O4SSi. The highest BCUT2D eigenvalue weighted by atomic mass is 32.2. The van der Waals surface area contributed by atoms with Gasteiger partial charge in [0.2, 0.25) is 0 Å². The third-order valence-corrected chi connectivity index (χ3v) is 6.01. The quantitative estimate of drug-likeness (QED) is 0.430. The normalized spacial score (nSPS) is 13.6. The summed E-state index contributed by atoms with van der Waals surface area (Å²) in [4.78, 5) is 0. The fourth-order valence-corrected chi connectivity index (χ4v) is 3.98. The maximum absolute atomic E-state index is 5.71. The second kappa shape index (κ2) is 10.1. The molecule has 4 nitrogen and oxygen atoms in total. The van der Waals surface area contributed by atoms with Gasteiger partial charge in [-0.25, -0.2) is 0 Å². The minimum absolute atomic E-state index is 0.0970. The Morgan fingerprint density at radius 3 is 2.24 bits per heavy atom. The van der Waals surface area contributed by atoms with E-state index in [0.717, 1.165) is 25.5 Å². The van der Waals surface area contributed by atoms with Crippen molar-refractivity contribution in [1.82, 2.24) is 0 Å². The first-order chi connectivity index (χ1) is 8.17. The highest BCUT2D eigenvalue weighted by Crippen LogP contribution is 2.24. The van der Waals surface area contributed by atoms with Crippen molar-refractivity contribution in [3.05, 3.63) is 12.0 Å². The van der Waals surface area contributed by atoms with Crippen molar-refractivity contribution >= 4 is 20.6 Å². The van der Waals surface area contributed by atoms with Gasteiger partial charge >= 0.3 is 8.80 Å². The number of thioether (sulfide) groups is 1. The van der Waals surface area contributed by atoms with Gasteiger partial charge in [0.15, 0.2) is 0 Å². The second-order valence-corrected chi connectivity index (χ2v) is 7.66. The van der Waals surface area contributed by atoms with Gasteiger partial charge in [0, 0.05) is 34.0 Å².